The van der Waals surface area contributed by atoms with Gasteiger partial charge < -0.3 is 5.32 Å². The quantitative estimate of drug-likeness (QED) is 0.451. The highest BCUT2D eigenvalue weighted by molar-refractivity contribution is 8.18. The second-order valence-corrected chi connectivity index (χ2v) is 8.05. The summed E-state index contributed by atoms with van der Waals surface area (Å²) in [5, 5.41) is 3.20. The van der Waals surface area contributed by atoms with E-state index >= 15 is 0 Å². The number of carbonyl (C=O) groups excluding carboxylic acids is 3. The van der Waals surface area contributed by atoms with Gasteiger partial charge in [-0.05, 0) is 81.0 Å². The number of anilines is 1. The molecule has 2 aliphatic heterocycles. The third kappa shape index (κ3) is 3.97. The van der Waals surface area contributed by atoms with Gasteiger partial charge in [-0.25, -0.2) is 0 Å². The Kier molecular flexibility index (Phi) is 6.18. The van der Waals surface area contributed by atoms with Gasteiger partial charge in [0.1, 0.15) is 5.92 Å². The minimum Gasteiger partial charge on any atom is -0.301 e. The highest BCUT2D eigenvalue weighted by Gasteiger charge is 2.41. The highest BCUT2D eigenvalue weighted by Crippen LogP contribution is 2.33. The molecule has 1 aromatic carbocycles. The first kappa shape index (κ1) is 21.2. The van der Waals surface area contributed by atoms with Crippen LogP contribution in [0, 0.1) is 19.8 Å². The Morgan fingerprint density at radius 3 is 2.55 bits per heavy atom. The Bertz CT molecular complexity index is 970. The SMILES string of the molecule is CCN=C1S/C(=C/[C@H]2C(=O)NC(=S)N(c3ccc(C)c(C)c3)C2=O)C(=O)N1CC. The first-order chi connectivity index (χ1) is 13.8. The van der Waals surface area contributed by atoms with Gasteiger partial charge in [0.15, 0.2) is 10.3 Å². The normalized spacial score (nSPS) is 22.8. The minimum absolute atomic E-state index is 0.0340. The molecule has 1 atom stereocenters. The lowest BCUT2D eigenvalue weighted by Gasteiger charge is -2.31. The van der Waals surface area contributed by atoms with Crippen molar-refractivity contribution in [3.8, 4) is 0 Å². The van der Waals surface area contributed by atoms with Gasteiger partial charge in [-0.15, -0.1) is 0 Å². The molecule has 3 rings (SSSR count). The van der Waals surface area contributed by atoms with Crippen molar-refractivity contribution in [3.63, 3.8) is 0 Å². The Morgan fingerprint density at radius 2 is 1.93 bits per heavy atom. The van der Waals surface area contributed by atoms with Crippen molar-refractivity contribution in [2.24, 2.45) is 10.9 Å². The lowest BCUT2D eigenvalue weighted by Crippen LogP contribution is -2.57. The largest absolute Gasteiger partial charge is 0.301 e. The van der Waals surface area contributed by atoms with Crippen LogP contribution in [-0.2, 0) is 14.4 Å². The molecule has 2 aliphatic rings. The molecular formula is C20H22N4O3S2. The van der Waals surface area contributed by atoms with Gasteiger partial charge >= 0.3 is 0 Å². The molecule has 0 spiro atoms. The zero-order valence-electron chi connectivity index (χ0n) is 16.7. The van der Waals surface area contributed by atoms with Crippen LogP contribution < -0.4 is 10.2 Å². The molecule has 7 nitrogen and oxygen atoms in total. The standard InChI is InChI=1S/C20H22N4O3S2/c1-5-21-20-23(6-2)18(27)15(29-20)10-14-16(25)22-19(28)24(17(14)26)13-8-7-11(3)12(4)9-13/h7-10,14H,5-6H2,1-4H3,(H,22,25,28)/b15-10+,21-20?/t14-/m0/s1. The molecule has 2 saturated heterocycles. The minimum atomic E-state index is -1.14. The summed E-state index contributed by atoms with van der Waals surface area (Å²) in [6.45, 7) is 8.65. The molecule has 0 aromatic heterocycles. The molecule has 1 aromatic rings. The number of nitrogens with one attached hydrogen (secondary N) is 1. The van der Waals surface area contributed by atoms with Crippen LogP contribution in [0.15, 0.2) is 34.2 Å². The number of rotatable bonds is 4. The van der Waals surface area contributed by atoms with Crippen LogP contribution in [0.4, 0.5) is 5.69 Å². The lowest BCUT2D eigenvalue weighted by atomic mass is 10.0. The molecule has 0 radical (unpaired) electrons. The summed E-state index contributed by atoms with van der Waals surface area (Å²) < 4.78 is 0. The lowest BCUT2D eigenvalue weighted by molar-refractivity contribution is -0.131. The fraction of sp³-hybridized carbons (Fsp3) is 0.350. The Morgan fingerprint density at radius 1 is 1.21 bits per heavy atom. The van der Waals surface area contributed by atoms with Crippen LogP contribution in [0.2, 0.25) is 0 Å². The van der Waals surface area contributed by atoms with Gasteiger partial charge in [-0.3, -0.25) is 29.2 Å². The maximum Gasteiger partial charge on any atom is 0.266 e. The van der Waals surface area contributed by atoms with E-state index < -0.39 is 17.7 Å². The average Bonchev–Trinajstić information content (AvgIpc) is 2.96. The summed E-state index contributed by atoms with van der Waals surface area (Å²) in [7, 11) is 0. The predicted molar refractivity (Wildman–Crippen MR) is 119 cm³/mol. The van der Waals surface area contributed by atoms with E-state index in [1.807, 2.05) is 39.8 Å². The summed E-state index contributed by atoms with van der Waals surface area (Å²) in [6.07, 6.45) is 1.42. The molecule has 152 valence electrons. The first-order valence-electron chi connectivity index (χ1n) is 9.30. The van der Waals surface area contributed by atoms with Crippen LogP contribution in [-0.4, -0.2) is 46.0 Å². The van der Waals surface area contributed by atoms with E-state index in [0.717, 1.165) is 11.1 Å². The predicted octanol–water partition coefficient (Wildman–Crippen LogP) is 2.52. The van der Waals surface area contributed by atoms with Gasteiger partial charge in [-0.1, -0.05) is 6.07 Å². The number of nitrogens with zero attached hydrogens (tertiary/aromatic N) is 3. The van der Waals surface area contributed by atoms with E-state index in [2.05, 4.69) is 10.3 Å². The smallest absolute Gasteiger partial charge is 0.266 e. The van der Waals surface area contributed by atoms with Crippen molar-refractivity contribution in [2.45, 2.75) is 27.7 Å². The van der Waals surface area contributed by atoms with Crippen molar-refractivity contribution in [1.82, 2.24) is 10.2 Å². The molecule has 0 unspecified atom stereocenters. The maximum absolute atomic E-state index is 13.2. The highest BCUT2D eigenvalue weighted by atomic mass is 32.2. The molecule has 9 heteroatoms. The number of aliphatic imine (C=N–C) groups is 1. The molecule has 2 heterocycles. The summed E-state index contributed by atoms with van der Waals surface area (Å²) in [4.78, 5) is 45.9. The Labute approximate surface area is 179 Å². The first-order valence-corrected chi connectivity index (χ1v) is 10.5. The van der Waals surface area contributed by atoms with Gasteiger partial charge in [0, 0.05) is 13.1 Å². The number of likely N-dealkylation sites (N-methyl/N-ethyl adjacent to an activating group) is 1. The molecule has 29 heavy (non-hydrogen) atoms. The molecule has 0 aliphatic carbocycles. The number of carbonyl (C=O) groups is 3. The summed E-state index contributed by atoms with van der Waals surface area (Å²) >= 11 is 6.42. The number of amides is 3. The zero-order valence-corrected chi connectivity index (χ0v) is 18.3. The number of hydrogen-bond donors (Lipinski definition) is 1. The van der Waals surface area contributed by atoms with Crippen LogP contribution in [0.3, 0.4) is 0 Å². The van der Waals surface area contributed by atoms with Crippen molar-refractivity contribution in [3.05, 3.63) is 40.3 Å². The summed E-state index contributed by atoms with van der Waals surface area (Å²) in [5.41, 5.74) is 2.67. The van der Waals surface area contributed by atoms with Gasteiger partial charge in [-0.2, -0.15) is 0 Å². The van der Waals surface area contributed by atoms with Crippen molar-refractivity contribution < 1.29 is 14.4 Å². The van der Waals surface area contributed by atoms with Crippen LogP contribution in [0.5, 0.6) is 0 Å². The van der Waals surface area contributed by atoms with Gasteiger partial charge in [0.25, 0.3) is 5.91 Å². The van der Waals surface area contributed by atoms with Crippen LogP contribution >= 0.6 is 24.0 Å². The number of benzene rings is 1. The molecule has 1 N–H and O–H groups in total. The Hall–Kier alpha value is -2.52. The second kappa shape index (κ2) is 8.46. The molecule has 2 fully saturated rings. The third-order valence-electron chi connectivity index (χ3n) is 4.77. The van der Waals surface area contributed by atoms with E-state index in [4.69, 9.17) is 12.2 Å². The Balaban J connectivity index is 1.96. The van der Waals surface area contributed by atoms with E-state index in [-0.39, 0.29) is 11.0 Å². The maximum atomic E-state index is 13.2. The van der Waals surface area contributed by atoms with Crippen molar-refractivity contribution >= 4 is 57.7 Å². The average molecular weight is 431 g/mol. The molecule has 0 bridgehead atoms. The van der Waals surface area contributed by atoms with Crippen LogP contribution in [0.1, 0.15) is 25.0 Å². The number of hydrogen-bond acceptors (Lipinski definition) is 6. The topological polar surface area (TPSA) is 82.1 Å². The monoisotopic (exact) mass is 430 g/mol. The fourth-order valence-corrected chi connectivity index (χ4v) is 4.46. The van der Waals surface area contributed by atoms with Crippen molar-refractivity contribution in [2.75, 3.05) is 18.0 Å². The number of thioether (sulfide) groups is 1. The van der Waals surface area contributed by atoms with E-state index in [1.54, 1.807) is 6.07 Å². The summed E-state index contributed by atoms with van der Waals surface area (Å²) in [5.74, 6) is -2.41. The number of amidine groups is 1. The number of aryl methyl sites for hydroxylation is 2. The molecular weight excluding hydrogens is 408 g/mol. The second-order valence-electron chi connectivity index (χ2n) is 6.65. The van der Waals surface area contributed by atoms with E-state index in [9.17, 15) is 14.4 Å². The number of thiocarbonyl (C=S) groups is 1. The third-order valence-corrected chi connectivity index (χ3v) is 6.11. The zero-order chi connectivity index (χ0) is 21.3. The summed E-state index contributed by atoms with van der Waals surface area (Å²) in [6, 6.07) is 5.53. The van der Waals surface area contributed by atoms with E-state index in [1.165, 1.54) is 27.6 Å². The van der Waals surface area contributed by atoms with E-state index in [0.29, 0.717) is 28.8 Å². The van der Waals surface area contributed by atoms with Crippen LogP contribution in [0.25, 0.3) is 0 Å². The fourth-order valence-electron chi connectivity index (χ4n) is 3.05. The van der Waals surface area contributed by atoms with Gasteiger partial charge in [0.05, 0.1) is 10.6 Å². The molecule has 0 saturated carbocycles. The van der Waals surface area contributed by atoms with Gasteiger partial charge in [0.2, 0.25) is 11.8 Å². The molecule has 3 amide bonds. The van der Waals surface area contributed by atoms with Crippen molar-refractivity contribution in [1.29, 1.82) is 0 Å².